The van der Waals surface area contributed by atoms with E-state index in [1.165, 1.54) is 6.33 Å². The number of nitrogen functional groups attached to an aromatic ring is 1. The second-order valence-corrected chi connectivity index (χ2v) is 3.85. The highest BCUT2D eigenvalue weighted by atomic mass is 35.5. The summed E-state index contributed by atoms with van der Waals surface area (Å²) < 4.78 is 1.01. The lowest BCUT2D eigenvalue weighted by Crippen LogP contribution is -2.10. The van der Waals surface area contributed by atoms with Crippen LogP contribution in [0.1, 0.15) is 5.56 Å². The summed E-state index contributed by atoms with van der Waals surface area (Å²) in [4.78, 5) is 19.8. The van der Waals surface area contributed by atoms with Crippen molar-refractivity contribution in [2.45, 2.75) is 0 Å². The Balaban J connectivity index is 0.00000264. The van der Waals surface area contributed by atoms with Crippen molar-refractivity contribution in [2.24, 2.45) is 5.10 Å². The van der Waals surface area contributed by atoms with Crippen molar-refractivity contribution in [3.63, 3.8) is 0 Å². The number of benzene rings is 1. The molecule has 0 saturated heterocycles. The summed E-state index contributed by atoms with van der Waals surface area (Å²) in [5.74, 6) is 4.70. The largest absolute Gasteiger partial charge is 0.502 e. The molecule has 2 aromatic rings. The van der Waals surface area contributed by atoms with Crippen molar-refractivity contribution in [3.8, 4) is 5.75 Å². The number of phenols is 1. The Bertz CT molecular complexity index is 775. The van der Waals surface area contributed by atoms with Crippen molar-refractivity contribution in [1.82, 2.24) is 14.9 Å². The molecule has 13 nitrogen and oxygen atoms in total. The van der Waals surface area contributed by atoms with Gasteiger partial charge in [-0.3, -0.25) is 20.2 Å². The molecule has 0 aliphatic rings. The summed E-state index contributed by atoms with van der Waals surface area (Å²) in [6, 6.07) is 1.58. The standard InChI is InChI=1S/C9H8N8O5.ClH/c10-15-4-12-14-9(15)13-11-3-5-1-6(16(19)20)2-7(8(5)18)17(21)22;/h1-4,18H,10H2,(H,13,14);1H/b11-3+;. The number of aromatic nitrogens is 3. The topological polar surface area (TPSA) is 188 Å². The highest BCUT2D eigenvalue weighted by Gasteiger charge is 2.23. The molecule has 0 saturated carbocycles. The molecule has 0 aliphatic carbocycles. The van der Waals surface area contributed by atoms with Crippen LogP contribution in [0.2, 0.25) is 0 Å². The normalized spacial score (nSPS) is 10.3. The minimum absolute atomic E-state index is 0. The maximum atomic E-state index is 10.8. The van der Waals surface area contributed by atoms with Crippen LogP contribution in [0.4, 0.5) is 17.3 Å². The zero-order valence-electron chi connectivity index (χ0n) is 11.1. The van der Waals surface area contributed by atoms with Gasteiger partial charge in [-0.25, -0.2) is 10.1 Å². The van der Waals surface area contributed by atoms with Crippen molar-refractivity contribution in [1.29, 1.82) is 0 Å². The fraction of sp³-hybridized carbons (Fsp3) is 0. The molecule has 0 fully saturated rings. The number of nitro groups is 2. The van der Waals surface area contributed by atoms with Gasteiger partial charge in [0.05, 0.1) is 27.7 Å². The summed E-state index contributed by atoms with van der Waals surface area (Å²) in [5, 5.41) is 41.9. The number of nitrogens with zero attached hydrogens (tertiary/aromatic N) is 6. The summed E-state index contributed by atoms with van der Waals surface area (Å²) in [6.45, 7) is 0. The van der Waals surface area contributed by atoms with Gasteiger partial charge in [0.15, 0.2) is 0 Å². The minimum atomic E-state index is -0.941. The first-order valence-electron chi connectivity index (χ1n) is 5.50. The number of hydrazone groups is 1. The highest BCUT2D eigenvalue weighted by molar-refractivity contribution is 5.87. The van der Waals surface area contributed by atoms with Gasteiger partial charge in [0.1, 0.15) is 6.33 Å². The molecule has 23 heavy (non-hydrogen) atoms. The second kappa shape index (κ2) is 6.99. The molecule has 1 aromatic carbocycles. The van der Waals surface area contributed by atoms with Gasteiger partial charge in [0, 0.05) is 6.07 Å². The summed E-state index contributed by atoms with van der Waals surface area (Å²) in [6.07, 6.45) is 2.14. The van der Waals surface area contributed by atoms with Crippen LogP contribution in [-0.2, 0) is 0 Å². The predicted octanol–water partition coefficient (Wildman–Crippen LogP) is 0.382. The smallest absolute Gasteiger partial charge is 0.318 e. The molecule has 14 heteroatoms. The first-order valence-corrected chi connectivity index (χ1v) is 5.50. The van der Waals surface area contributed by atoms with Crippen LogP contribution in [0, 0.1) is 20.2 Å². The Morgan fingerprint density at radius 2 is 2.04 bits per heavy atom. The van der Waals surface area contributed by atoms with Crippen LogP contribution < -0.4 is 11.3 Å². The van der Waals surface area contributed by atoms with Crippen molar-refractivity contribution in [2.75, 3.05) is 11.3 Å². The lowest BCUT2D eigenvalue weighted by molar-refractivity contribution is -0.394. The van der Waals surface area contributed by atoms with E-state index in [2.05, 4.69) is 20.7 Å². The number of rotatable bonds is 5. The summed E-state index contributed by atoms with van der Waals surface area (Å²) in [7, 11) is 0. The van der Waals surface area contributed by atoms with Crippen LogP contribution >= 0.6 is 12.4 Å². The van der Waals surface area contributed by atoms with E-state index in [1.54, 1.807) is 0 Å². The first-order chi connectivity index (χ1) is 10.4. The molecule has 1 aromatic heterocycles. The Morgan fingerprint density at radius 3 is 2.57 bits per heavy atom. The van der Waals surface area contributed by atoms with Crippen LogP contribution in [0.5, 0.6) is 5.75 Å². The van der Waals surface area contributed by atoms with Crippen molar-refractivity contribution < 1.29 is 15.0 Å². The van der Waals surface area contributed by atoms with Crippen molar-refractivity contribution in [3.05, 3.63) is 44.3 Å². The van der Waals surface area contributed by atoms with Crippen LogP contribution in [0.25, 0.3) is 0 Å². The van der Waals surface area contributed by atoms with Gasteiger partial charge in [0.25, 0.3) is 11.6 Å². The predicted molar refractivity (Wildman–Crippen MR) is 80.1 cm³/mol. The Hall–Kier alpha value is -3.48. The number of phenolic OH excluding ortho intramolecular Hbond substituents is 1. The van der Waals surface area contributed by atoms with Gasteiger partial charge in [-0.05, 0) is 0 Å². The average molecular weight is 345 g/mol. The molecule has 0 atom stereocenters. The van der Waals surface area contributed by atoms with Gasteiger partial charge in [-0.1, -0.05) is 0 Å². The molecular weight excluding hydrogens is 336 g/mol. The second-order valence-electron chi connectivity index (χ2n) is 3.85. The number of nitrogens with two attached hydrogens (primary N) is 1. The zero-order chi connectivity index (χ0) is 16.3. The fourth-order valence-electron chi connectivity index (χ4n) is 1.45. The van der Waals surface area contributed by atoms with Gasteiger partial charge < -0.3 is 10.9 Å². The number of anilines is 1. The quantitative estimate of drug-likeness (QED) is 0.298. The number of non-ortho nitro benzene ring substituents is 1. The van der Waals surface area contributed by atoms with E-state index in [-0.39, 0.29) is 23.9 Å². The third-order valence-electron chi connectivity index (χ3n) is 2.45. The minimum Gasteiger partial charge on any atom is -0.502 e. The van der Waals surface area contributed by atoms with Gasteiger partial charge in [0.2, 0.25) is 5.75 Å². The molecular formula is C9H9ClN8O5. The molecule has 0 amide bonds. The molecule has 2 rings (SSSR count). The lowest BCUT2D eigenvalue weighted by atomic mass is 10.1. The average Bonchev–Trinajstić information content (AvgIpc) is 2.85. The van der Waals surface area contributed by atoms with Crippen LogP contribution in [-0.4, -0.2) is 36.0 Å². The fourth-order valence-corrected chi connectivity index (χ4v) is 1.45. The molecule has 0 unspecified atom stereocenters. The van der Waals surface area contributed by atoms with Gasteiger partial charge in [-0.2, -0.15) is 5.10 Å². The van der Waals surface area contributed by atoms with E-state index in [0.717, 1.165) is 17.0 Å². The van der Waals surface area contributed by atoms with E-state index in [4.69, 9.17) is 5.84 Å². The maximum absolute atomic E-state index is 10.8. The third kappa shape index (κ3) is 3.79. The first kappa shape index (κ1) is 17.6. The lowest BCUT2D eigenvalue weighted by Gasteiger charge is -2.01. The number of aromatic hydroxyl groups is 1. The Labute approximate surface area is 133 Å². The number of hydrogen-bond donors (Lipinski definition) is 3. The molecule has 1 heterocycles. The van der Waals surface area contributed by atoms with Crippen LogP contribution in [0.15, 0.2) is 23.6 Å². The van der Waals surface area contributed by atoms with Crippen molar-refractivity contribution >= 4 is 35.9 Å². The molecule has 122 valence electrons. The van der Waals surface area contributed by atoms with E-state index in [0.29, 0.717) is 6.07 Å². The Morgan fingerprint density at radius 1 is 1.35 bits per heavy atom. The van der Waals surface area contributed by atoms with E-state index in [1.807, 2.05) is 0 Å². The van der Waals surface area contributed by atoms with E-state index >= 15 is 0 Å². The SMILES string of the molecule is Cl.Nn1cnnc1N/N=C/c1cc([N+](=O)[O-])cc([N+](=O)[O-])c1O. The zero-order valence-corrected chi connectivity index (χ0v) is 11.9. The third-order valence-corrected chi connectivity index (χ3v) is 2.45. The Kier molecular flexibility index (Phi) is 5.34. The molecule has 4 N–H and O–H groups in total. The number of nitrogens with one attached hydrogen (secondary N) is 1. The maximum Gasteiger partial charge on any atom is 0.318 e. The summed E-state index contributed by atoms with van der Waals surface area (Å²) >= 11 is 0. The number of hydrogen-bond acceptors (Lipinski definition) is 10. The molecule has 0 bridgehead atoms. The van der Waals surface area contributed by atoms with E-state index in [9.17, 15) is 25.3 Å². The van der Waals surface area contributed by atoms with E-state index < -0.39 is 27.0 Å². The van der Waals surface area contributed by atoms with Crippen LogP contribution in [0.3, 0.4) is 0 Å². The van der Waals surface area contributed by atoms with Gasteiger partial charge >= 0.3 is 5.69 Å². The van der Waals surface area contributed by atoms with Gasteiger partial charge in [-0.15, -0.1) is 22.6 Å². The number of halogens is 1. The molecule has 0 radical (unpaired) electrons. The number of nitro benzene ring substituents is 2. The molecule has 0 aliphatic heterocycles. The monoisotopic (exact) mass is 344 g/mol. The summed E-state index contributed by atoms with van der Waals surface area (Å²) in [5.41, 5.74) is 0.754. The molecule has 0 spiro atoms. The highest BCUT2D eigenvalue weighted by Crippen LogP contribution is 2.33.